The van der Waals surface area contributed by atoms with Crippen molar-refractivity contribution in [3.05, 3.63) is 23.8 Å². The maximum Gasteiger partial charge on any atom is 0.306 e. The summed E-state index contributed by atoms with van der Waals surface area (Å²) in [4.78, 5) is 10.6. The molecule has 2 N–H and O–H groups in total. The molecule has 0 aromatic heterocycles. The van der Waals surface area contributed by atoms with Gasteiger partial charge in [0.15, 0.2) is 11.5 Å². The molecule has 4 heteroatoms. The predicted molar refractivity (Wildman–Crippen MR) is 55.2 cm³/mol. The molecule has 0 fully saturated rings. The Morgan fingerprint density at radius 1 is 1.53 bits per heavy atom. The Balaban J connectivity index is 2.83. The number of hydrogen-bond donors (Lipinski definition) is 2. The van der Waals surface area contributed by atoms with Crippen LogP contribution < -0.4 is 4.74 Å². The average molecular weight is 210 g/mol. The first-order valence-electron chi connectivity index (χ1n) is 4.63. The van der Waals surface area contributed by atoms with Crippen molar-refractivity contribution in [2.24, 2.45) is 5.92 Å². The summed E-state index contributed by atoms with van der Waals surface area (Å²) in [7, 11) is 1.46. The van der Waals surface area contributed by atoms with Gasteiger partial charge in [-0.25, -0.2) is 0 Å². The third kappa shape index (κ3) is 2.87. The molecule has 0 saturated carbocycles. The number of rotatable bonds is 4. The smallest absolute Gasteiger partial charge is 0.306 e. The van der Waals surface area contributed by atoms with Crippen LogP contribution in [0.25, 0.3) is 0 Å². The first-order valence-corrected chi connectivity index (χ1v) is 4.63. The van der Waals surface area contributed by atoms with Crippen LogP contribution in [0.3, 0.4) is 0 Å². The summed E-state index contributed by atoms with van der Waals surface area (Å²) in [6, 6.07) is 4.84. The molecule has 0 saturated heterocycles. The van der Waals surface area contributed by atoms with Gasteiger partial charge in [0.05, 0.1) is 13.0 Å². The molecule has 0 bridgehead atoms. The lowest BCUT2D eigenvalue weighted by Gasteiger charge is -2.08. The Hall–Kier alpha value is -1.71. The summed E-state index contributed by atoms with van der Waals surface area (Å²) < 4.78 is 4.93. The summed E-state index contributed by atoms with van der Waals surface area (Å²) in [5.41, 5.74) is 0.833. The molecule has 0 spiro atoms. The predicted octanol–water partition coefficient (Wildman–Crippen LogP) is 1.66. The number of carboxylic acids is 1. The second-order valence-corrected chi connectivity index (χ2v) is 3.45. The van der Waals surface area contributed by atoms with Crippen molar-refractivity contribution in [2.45, 2.75) is 13.3 Å². The summed E-state index contributed by atoms with van der Waals surface area (Å²) in [6.45, 7) is 1.64. The monoisotopic (exact) mass is 210 g/mol. The summed E-state index contributed by atoms with van der Waals surface area (Å²) >= 11 is 0. The fourth-order valence-corrected chi connectivity index (χ4v) is 1.29. The molecule has 1 aromatic rings. The van der Waals surface area contributed by atoms with Gasteiger partial charge in [0.25, 0.3) is 0 Å². The minimum atomic E-state index is -0.831. The van der Waals surface area contributed by atoms with Crippen LogP contribution >= 0.6 is 0 Å². The average Bonchev–Trinajstić information content (AvgIpc) is 2.20. The highest BCUT2D eigenvalue weighted by molar-refractivity contribution is 5.70. The Kier molecular flexibility index (Phi) is 3.55. The van der Waals surface area contributed by atoms with Gasteiger partial charge in [-0.05, 0) is 24.1 Å². The highest BCUT2D eigenvalue weighted by Crippen LogP contribution is 2.27. The molecule has 15 heavy (non-hydrogen) atoms. The van der Waals surface area contributed by atoms with E-state index in [-0.39, 0.29) is 5.75 Å². The van der Waals surface area contributed by atoms with E-state index in [0.717, 1.165) is 5.56 Å². The largest absolute Gasteiger partial charge is 0.504 e. The van der Waals surface area contributed by atoms with Crippen molar-refractivity contribution in [3.8, 4) is 11.5 Å². The Labute approximate surface area is 88.1 Å². The summed E-state index contributed by atoms with van der Waals surface area (Å²) in [6.07, 6.45) is 0.423. The molecule has 0 radical (unpaired) electrons. The standard InChI is InChI=1S/C11H14O4/c1-7(11(13)14)5-8-3-4-9(12)10(6-8)15-2/h3-4,6-7,12H,5H2,1-2H3,(H,13,14)/t7-/m0/s1. The van der Waals surface area contributed by atoms with E-state index in [1.54, 1.807) is 19.1 Å². The van der Waals surface area contributed by atoms with Gasteiger partial charge in [0.1, 0.15) is 0 Å². The second-order valence-electron chi connectivity index (χ2n) is 3.45. The van der Waals surface area contributed by atoms with Gasteiger partial charge in [-0.1, -0.05) is 13.0 Å². The zero-order chi connectivity index (χ0) is 11.4. The number of carbonyl (C=O) groups is 1. The van der Waals surface area contributed by atoms with Crippen molar-refractivity contribution >= 4 is 5.97 Å². The molecular formula is C11H14O4. The maximum absolute atomic E-state index is 10.6. The molecule has 0 unspecified atom stereocenters. The molecule has 0 aliphatic rings. The fraction of sp³-hybridized carbons (Fsp3) is 0.364. The minimum absolute atomic E-state index is 0.0595. The first kappa shape index (κ1) is 11.4. The maximum atomic E-state index is 10.6. The van der Waals surface area contributed by atoms with E-state index in [2.05, 4.69) is 0 Å². The molecule has 0 aliphatic carbocycles. The SMILES string of the molecule is COc1cc(C[C@H](C)C(=O)O)ccc1O. The van der Waals surface area contributed by atoms with Gasteiger partial charge in [0, 0.05) is 0 Å². The van der Waals surface area contributed by atoms with E-state index in [4.69, 9.17) is 9.84 Å². The number of methoxy groups -OCH3 is 1. The quantitative estimate of drug-likeness (QED) is 0.793. The number of phenolic OH excluding ortho intramolecular Hbond substituents is 1. The number of ether oxygens (including phenoxy) is 1. The van der Waals surface area contributed by atoms with Gasteiger partial charge in [-0.15, -0.1) is 0 Å². The highest BCUT2D eigenvalue weighted by Gasteiger charge is 2.12. The third-order valence-electron chi connectivity index (χ3n) is 2.21. The van der Waals surface area contributed by atoms with Crippen molar-refractivity contribution in [1.29, 1.82) is 0 Å². The Morgan fingerprint density at radius 2 is 2.20 bits per heavy atom. The number of phenols is 1. The molecule has 1 aromatic carbocycles. The van der Waals surface area contributed by atoms with Crippen LogP contribution in [0.1, 0.15) is 12.5 Å². The highest BCUT2D eigenvalue weighted by atomic mass is 16.5. The van der Waals surface area contributed by atoms with E-state index in [9.17, 15) is 9.90 Å². The van der Waals surface area contributed by atoms with Crippen LogP contribution in [0, 0.1) is 5.92 Å². The van der Waals surface area contributed by atoms with Crippen LogP contribution in [0.5, 0.6) is 11.5 Å². The Morgan fingerprint density at radius 3 is 2.73 bits per heavy atom. The van der Waals surface area contributed by atoms with Gasteiger partial charge in [0.2, 0.25) is 0 Å². The Bertz CT molecular complexity index is 360. The van der Waals surface area contributed by atoms with Crippen LogP contribution in [-0.4, -0.2) is 23.3 Å². The van der Waals surface area contributed by atoms with Crippen molar-refractivity contribution in [2.75, 3.05) is 7.11 Å². The van der Waals surface area contributed by atoms with E-state index in [1.165, 1.54) is 13.2 Å². The summed E-state index contributed by atoms with van der Waals surface area (Å²) in [5.74, 6) is -0.851. The van der Waals surface area contributed by atoms with Crippen molar-refractivity contribution in [1.82, 2.24) is 0 Å². The van der Waals surface area contributed by atoms with E-state index in [0.29, 0.717) is 12.2 Å². The van der Waals surface area contributed by atoms with E-state index in [1.807, 2.05) is 0 Å². The van der Waals surface area contributed by atoms with Gasteiger partial charge >= 0.3 is 5.97 Å². The normalized spacial score (nSPS) is 12.1. The number of carboxylic acid groups (broad SMARTS) is 1. The molecule has 82 valence electrons. The zero-order valence-electron chi connectivity index (χ0n) is 8.73. The fourth-order valence-electron chi connectivity index (χ4n) is 1.29. The van der Waals surface area contributed by atoms with Crippen molar-refractivity contribution in [3.63, 3.8) is 0 Å². The van der Waals surface area contributed by atoms with Crippen LogP contribution in [0.4, 0.5) is 0 Å². The molecule has 4 nitrogen and oxygen atoms in total. The van der Waals surface area contributed by atoms with Crippen LogP contribution in [0.15, 0.2) is 18.2 Å². The van der Waals surface area contributed by atoms with E-state index >= 15 is 0 Å². The topological polar surface area (TPSA) is 66.8 Å². The van der Waals surface area contributed by atoms with Crippen LogP contribution in [0.2, 0.25) is 0 Å². The molecule has 0 amide bonds. The van der Waals surface area contributed by atoms with Gasteiger partial charge < -0.3 is 14.9 Å². The minimum Gasteiger partial charge on any atom is -0.504 e. The van der Waals surface area contributed by atoms with Gasteiger partial charge in [-0.3, -0.25) is 4.79 Å². The number of aromatic hydroxyl groups is 1. The molecule has 0 heterocycles. The lowest BCUT2D eigenvalue weighted by Crippen LogP contribution is -2.12. The lowest BCUT2D eigenvalue weighted by atomic mass is 10.0. The van der Waals surface area contributed by atoms with Gasteiger partial charge in [-0.2, -0.15) is 0 Å². The molecule has 1 atom stereocenters. The number of aliphatic carboxylic acids is 1. The molecule has 1 rings (SSSR count). The molecule has 0 aliphatic heterocycles. The van der Waals surface area contributed by atoms with Crippen LogP contribution in [-0.2, 0) is 11.2 Å². The zero-order valence-corrected chi connectivity index (χ0v) is 8.73. The van der Waals surface area contributed by atoms with Crippen molar-refractivity contribution < 1.29 is 19.7 Å². The third-order valence-corrected chi connectivity index (χ3v) is 2.21. The number of hydrogen-bond acceptors (Lipinski definition) is 3. The summed E-state index contributed by atoms with van der Waals surface area (Å²) in [5, 5.41) is 18.1. The molecular weight excluding hydrogens is 196 g/mol. The number of benzene rings is 1. The first-order chi connectivity index (χ1) is 7.04. The second kappa shape index (κ2) is 4.68. The lowest BCUT2D eigenvalue weighted by molar-refractivity contribution is -0.141. The van der Waals surface area contributed by atoms with E-state index < -0.39 is 11.9 Å².